The summed E-state index contributed by atoms with van der Waals surface area (Å²) in [4.78, 5) is 13.5. The van der Waals surface area contributed by atoms with Crippen LogP contribution in [0.25, 0.3) is 0 Å². The van der Waals surface area contributed by atoms with Crippen LogP contribution in [0.4, 0.5) is 5.69 Å². The molecule has 1 aromatic carbocycles. The quantitative estimate of drug-likeness (QED) is 0.923. The number of nitrogens with zero attached hydrogens (tertiary/aromatic N) is 1. The van der Waals surface area contributed by atoms with Gasteiger partial charge >= 0.3 is 5.97 Å². The van der Waals surface area contributed by atoms with Gasteiger partial charge in [-0.2, -0.15) is 0 Å². The molecule has 1 saturated heterocycles. The van der Waals surface area contributed by atoms with Gasteiger partial charge in [0.2, 0.25) is 0 Å². The molecular weight excluding hydrogens is 294 g/mol. The second-order valence-corrected chi connectivity index (χ2v) is 5.74. The molecule has 1 heterocycles. The number of carboxylic acids is 1. The molecule has 2 rings (SSSR count). The molecular formula is C14H18BrNO2. The van der Waals surface area contributed by atoms with Gasteiger partial charge in [0.25, 0.3) is 0 Å². The Balaban J connectivity index is 2.31. The standard InChI is InChI=1S/C14H18BrNO2/c1-2-10-4-3-7-16(9-10)13-8-11(15)5-6-12(13)14(17)18/h5-6,8,10H,2-4,7,9H2,1H3,(H,17,18). The first kappa shape index (κ1) is 13.4. The summed E-state index contributed by atoms with van der Waals surface area (Å²) in [6, 6.07) is 5.38. The zero-order valence-electron chi connectivity index (χ0n) is 10.5. The minimum Gasteiger partial charge on any atom is -0.478 e. The second-order valence-electron chi connectivity index (χ2n) is 4.83. The third-order valence-electron chi connectivity index (χ3n) is 3.63. The number of carboxylic acid groups (broad SMARTS) is 1. The Morgan fingerprint density at radius 3 is 3.00 bits per heavy atom. The van der Waals surface area contributed by atoms with Crippen molar-refractivity contribution in [1.29, 1.82) is 0 Å². The Hall–Kier alpha value is -1.03. The number of benzene rings is 1. The number of hydrogen-bond acceptors (Lipinski definition) is 2. The van der Waals surface area contributed by atoms with Gasteiger partial charge in [-0.25, -0.2) is 4.79 Å². The number of piperidine rings is 1. The van der Waals surface area contributed by atoms with Crippen molar-refractivity contribution in [2.75, 3.05) is 18.0 Å². The SMILES string of the molecule is CCC1CCCN(c2cc(Br)ccc2C(=O)O)C1. The van der Waals surface area contributed by atoms with E-state index in [1.807, 2.05) is 6.07 Å². The van der Waals surface area contributed by atoms with E-state index < -0.39 is 5.97 Å². The maximum Gasteiger partial charge on any atom is 0.337 e. The number of aromatic carboxylic acids is 1. The predicted octanol–water partition coefficient (Wildman–Crippen LogP) is 3.77. The molecule has 0 aliphatic carbocycles. The molecule has 0 saturated carbocycles. The van der Waals surface area contributed by atoms with E-state index in [-0.39, 0.29) is 0 Å². The number of carbonyl (C=O) groups is 1. The van der Waals surface area contributed by atoms with Crippen molar-refractivity contribution in [1.82, 2.24) is 0 Å². The number of rotatable bonds is 3. The molecule has 0 aromatic heterocycles. The fourth-order valence-electron chi connectivity index (χ4n) is 2.56. The van der Waals surface area contributed by atoms with Crippen molar-refractivity contribution < 1.29 is 9.90 Å². The van der Waals surface area contributed by atoms with Crippen LogP contribution in [-0.2, 0) is 0 Å². The van der Waals surface area contributed by atoms with Gasteiger partial charge in [-0.15, -0.1) is 0 Å². The van der Waals surface area contributed by atoms with Crippen molar-refractivity contribution in [3.05, 3.63) is 28.2 Å². The first-order chi connectivity index (χ1) is 8.61. The molecule has 0 bridgehead atoms. The molecule has 0 amide bonds. The molecule has 1 N–H and O–H groups in total. The average molecular weight is 312 g/mol. The summed E-state index contributed by atoms with van der Waals surface area (Å²) in [7, 11) is 0. The van der Waals surface area contributed by atoms with E-state index in [0.29, 0.717) is 11.5 Å². The third-order valence-corrected chi connectivity index (χ3v) is 4.12. The monoisotopic (exact) mass is 311 g/mol. The molecule has 18 heavy (non-hydrogen) atoms. The summed E-state index contributed by atoms with van der Waals surface area (Å²) in [6.07, 6.45) is 3.56. The van der Waals surface area contributed by atoms with Gasteiger partial charge in [0.1, 0.15) is 0 Å². The lowest BCUT2D eigenvalue weighted by molar-refractivity contribution is 0.0697. The number of hydrogen-bond donors (Lipinski definition) is 1. The highest BCUT2D eigenvalue weighted by Crippen LogP contribution is 2.30. The topological polar surface area (TPSA) is 40.5 Å². The molecule has 1 atom stereocenters. The fourth-order valence-corrected chi connectivity index (χ4v) is 2.91. The Morgan fingerprint density at radius 2 is 2.33 bits per heavy atom. The maximum absolute atomic E-state index is 11.3. The average Bonchev–Trinajstić information content (AvgIpc) is 2.38. The molecule has 4 heteroatoms. The normalized spacial score (nSPS) is 19.9. The van der Waals surface area contributed by atoms with Gasteiger partial charge in [0, 0.05) is 17.6 Å². The molecule has 1 aliphatic rings. The summed E-state index contributed by atoms with van der Waals surface area (Å²) >= 11 is 3.42. The summed E-state index contributed by atoms with van der Waals surface area (Å²) < 4.78 is 0.932. The summed E-state index contributed by atoms with van der Waals surface area (Å²) in [5, 5.41) is 9.27. The highest BCUT2D eigenvalue weighted by molar-refractivity contribution is 9.10. The van der Waals surface area contributed by atoms with E-state index in [4.69, 9.17) is 0 Å². The lowest BCUT2D eigenvalue weighted by atomic mass is 9.95. The van der Waals surface area contributed by atoms with E-state index in [1.54, 1.807) is 12.1 Å². The van der Waals surface area contributed by atoms with Crippen LogP contribution in [0, 0.1) is 5.92 Å². The van der Waals surface area contributed by atoms with Crippen LogP contribution in [0.3, 0.4) is 0 Å². The molecule has 0 radical (unpaired) electrons. The van der Waals surface area contributed by atoms with Crippen LogP contribution in [0.5, 0.6) is 0 Å². The van der Waals surface area contributed by atoms with E-state index in [2.05, 4.69) is 27.8 Å². The second kappa shape index (κ2) is 5.74. The maximum atomic E-state index is 11.3. The Morgan fingerprint density at radius 1 is 1.56 bits per heavy atom. The van der Waals surface area contributed by atoms with Crippen molar-refractivity contribution >= 4 is 27.6 Å². The van der Waals surface area contributed by atoms with E-state index in [9.17, 15) is 9.90 Å². The van der Waals surface area contributed by atoms with Gasteiger partial charge in [0.05, 0.1) is 11.3 Å². The van der Waals surface area contributed by atoms with Gasteiger partial charge < -0.3 is 10.0 Å². The minimum absolute atomic E-state index is 0.398. The number of halogens is 1. The number of anilines is 1. The minimum atomic E-state index is -0.851. The van der Waals surface area contributed by atoms with Gasteiger partial charge in [-0.05, 0) is 37.0 Å². The Labute approximate surface area is 116 Å². The highest BCUT2D eigenvalue weighted by atomic mass is 79.9. The van der Waals surface area contributed by atoms with Crippen molar-refractivity contribution in [3.63, 3.8) is 0 Å². The first-order valence-corrected chi connectivity index (χ1v) is 7.19. The summed E-state index contributed by atoms with van der Waals surface area (Å²) in [5.74, 6) is -0.171. The zero-order chi connectivity index (χ0) is 13.1. The first-order valence-electron chi connectivity index (χ1n) is 6.39. The third kappa shape index (κ3) is 2.86. The predicted molar refractivity (Wildman–Crippen MR) is 76.3 cm³/mol. The molecule has 1 aromatic rings. The molecule has 1 unspecified atom stereocenters. The van der Waals surface area contributed by atoms with Crippen LogP contribution < -0.4 is 4.90 Å². The lowest BCUT2D eigenvalue weighted by Crippen LogP contribution is -2.36. The Bertz CT molecular complexity index is 447. The summed E-state index contributed by atoms with van der Waals surface area (Å²) in [6.45, 7) is 4.12. The molecule has 1 aliphatic heterocycles. The van der Waals surface area contributed by atoms with Crippen molar-refractivity contribution in [2.24, 2.45) is 5.92 Å². The van der Waals surface area contributed by atoms with Gasteiger partial charge in [0.15, 0.2) is 0 Å². The van der Waals surface area contributed by atoms with Gasteiger partial charge in [-0.3, -0.25) is 0 Å². The van der Waals surface area contributed by atoms with E-state index in [1.165, 1.54) is 6.42 Å². The molecule has 0 spiro atoms. The van der Waals surface area contributed by atoms with Crippen LogP contribution >= 0.6 is 15.9 Å². The largest absolute Gasteiger partial charge is 0.478 e. The summed E-state index contributed by atoms with van der Waals surface area (Å²) in [5.41, 5.74) is 1.24. The fraction of sp³-hybridized carbons (Fsp3) is 0.500. The van der Waals surface area contributed by atoms with Crippen LogP contribution in [0.1, 0.15) is 36.5 Å². The molecule has 3 nitrogen and oxygen atoms in total. The highest BCUT2D eigenvalue weighted by Gasteiger charge is 2.22. The van der Waals surface area contributed by atoms with E-state index >= 15 is 0 Å². The smallest absolute Gasteiger partial charge is 0.337 e. The van der Waals surface area contributed by atoms with Crippen molar-refractivity contribution in [3.8, 4) is 0 Å². The van der Waals surface area contributed by atoms with Crippen LogP contribution in [0.2, 0.25) is 0 Å². The van der Waals surface area contributed by atoms with Crippen molar-refractivity contribution in [2.45, 2.75) is 26.2 Å². The lowest BCUT2D eigenvalue weighted by Gasteiger charge is -2.34. The molecule has 1 fully saturated rings. The van der Waals surface area contributed by atoms with Gasteiger partial charge in [-0.1, -0.05) is 29.3 Å². The van der Waals surface area contributed by atoms with Crippen LogP contribution in [-0.4, -0.2) is 24.2 Å². The Kier molecular flexibility index (Phi) is 4.27. The molecule has 98 valence electrons. The van der Waals surface area contributed by atoms with E-state index in [0.717, 1.165) is 36.1 Å². The van der Waals surface area contributed by atoms with Crippen LogP contribution in [0.15, 0.2) is 22.7 Å². The zero-order valence-corrected chi connectivity index (χ0v) is 12.1.